The van der Waals surface area contributed by atoms with Crippen molar-refractivity contribution in [2.75, 3.05) is 0 Å². The molecule has 0 aromatic carbocycles. The Morgan fingerprint density at radius 2 is 1.77 bits per heavy atom. The zero-order valence-electron chi connectivity index (χ0n) is 8.11. The predicted molar refractivity (Wildman–Crippen MR) is 44.3 cm³/mol. The van der Waals surface area contributed by atoms with Crippen molar-refractivity contribution in [2.45, 2.75) is 26.9 Å². The summed E-state index contributed by atoms with van der Waals surface area (Å²) in [7, 11) is 1.46. The lowest BCUT2D eigenvalue weighted by Crippen LogP contribution is -2.08. The first-order chi connectivity index (χ1) is 5.91. The van der Waals surface area contributed by atoms with Crippen molar-refractivity contribution in [3.05, 3.63) is 17.5 Å². The van der Waals surface area contributed by atoms with Crippen LogP contribution >= 0.6 is 0 Å². The highest BCUT2D eigenvalue weighted by atomic mass is 19.4. The molecule has 1 aromatic rings. The fraction of sp³-hybridized carbons (Fsp3) is 0.625. The Bertz CT molecular complexity index is 263. The van der Waals surface area contributed by atoms with E-state index < -0.39 is 11.9 Å². The van der Waals surface area contributed by atoms with Crippen molar-refractivity contribution < 1.29 is 13.2 Å². The van der Waals surface area contributed by atoms with Crippen LogP contribution in [0.2, 0.25) is 0 Å². The maximum absolute atomic E-state index is 12.0. The molecule has 0 amide bonds. The normalized spacial score (nSPS) is 10.7. The van der Waals surface area contributed by atoms with Gasteiger partial charge in [0.25, 0.3) is 0 Å². The standard InChI is InChI=1S/C6H7F3N2.C2H6/c1-4-3-11(2)10-5(4)6(7,8)9;1-2/h3H,1-2H3;1-2H3. The number of hydrogen-bond acceptors (Lipinski definition) is 1. The van der Waals surface area contributed by atoms with E-state index in [1.807, 2.05) is 13.8 Å². The molecule has 0 radical (unpaired) electrons. The summed E-state index contributed by atoms with van der Waals surface area (Å²) < 4.78 is 37.1. The maximum Gasteiger partial charge on any atom is 0.435 e. The van der Waals surface area contributed by atoms with Crippen molar-refractivity contribution in [1.82, 2.24) is 9.78 Å². The third-order valence-electron chi connectivity index (χ3n) is 1.28. The molecule has 13 heavy (non-hydrogen) atoms. The SMILES string of the molecule is CC.Cc1cn(C)nc1C(F)(F)F. The van der Waals surface area contributed by atoms with Gasteiger partial charge in [0.2, 0.25) is 0 Å². The van der Waals surface area contributed by atoms with E-state index in [0.717, 1.165) is 4.68 Å². The highest BCUT2D eigenvalue weighted by Gasteiger charge is 2.35. The first-order valence-electron chi connectivity index (χ1n) is 3.98. The van der Waals surface area contributed by atoms with Crippen LogP contribution in [0.3, 0.4) is 0 Å². The van der Waals surface area contributed by atoms with Gasteiger partial charge in [-0.2, -0.15) is 18.3 Å². The summed E-state index contributed by atoms with van der Waals surface area (Å²) >= 11 is 0. The van der Waals surface area contributed by atoms with Crippen LogP contribution in [0.1, 0.15) is 25.1 Å². The van der Waals surface area contributed by atoms with Gasteiger partial charge in [0.1, 0.15) is 0 Å². The minimum absolute atomic E-state index is 0.153. The van der Waals surface area contributed by atoms with Gasteiger partial charge in [0.05, 0.1) is 0 Å². The van der Waals surface area contributed by atoms with Gasteiger partial charge in [-0.25, -0.2) is 0 Å². The highest BCUT2D eigenvalue weighted by molar-refractivity contribution is 5.17. The Morgan fingerprint density at radius 3 is 1.92 bits per heavy atom. The molecule has 0 bridgehead atoms. The van der Waals surface area contributed by atoms with Gasteiger partial charge in [-0.1, -0.05) is 13.8 Å². The maximum atomic E-state index is 12.0. The van der Waals surface area contributed by atoms with Crippen molar-refractivity contribution in [2.24, 2.45) is 7.05 Å². The monoisotopic (exact) mass is 194 g/mol. The predicted octanol–water partition coefficient (Wildman–Crippen LogP) is 2.77. The van der Waals surface area contributed by atoms with Gasteiger partial charge < -0.3 is 0 Å². The molecule has 0 aliphatic rings. The molecule has 0 aliphatic heterocycles. The largest absolute Gasteiger partial charge is 0.435 e. The molecule has 0 saturated carbocycles. The molecule has 1 heterocycles. The van der Waals surface area contributed by atoms with Crippen LogP contribution in [0.4, 0.5) is 13.2 Å². The number of rotatable bonds is 0. The highest BCUT2D eigenvalue weighted by Crippen LogP contribution is 2.29. The summed E-state index contributed by atoms with van der Waals surface area (Å²) in [5.41, 5.74) is -0.653. The van der Waals surface area contributed by atoms with E-state index in [9.17, 15) is 13.2 Å². The molecular weight excluding hydrogens is 181 g/mol. The average Bonchev–Trinajstić information content (AvgIpc) is 2.33. The Labute approximate surface area is 75.4 Å². The van der Waals surface area contributed by atoms with Crippen LogP contribution in [0.15, 0.2) is 6.20 Å². The number of halogens is 3. The van der Waals surface area contributed by atoms with Crippen molar-refractivity contribution in [3.63, 3.8) is 0 Å². The fourth-order valence-corrected chi connectivity index (χ4v) is 0.887. The quantitative estimate of drug-likeness (QED) is 0.621. The van der Waals surface area contributed by atoms with Crippen LogP contribution in [0, 0.1) is 6.92 Å². The van der Waals surface area contributed by atoms with E-state index in [4.69, 9.17) is 0 Å². The molecule has 2 nitrogen and oxygen atoms in total. The van der Waals surface area contributed by atoms with Gasteiger partial charge in [-0.15, -0.1) is 0 Å². The van der Waals surface area contributed by atoms with Gasteiger partial charge in [0.15, 0.2) is 5.69 Å². The first kappa shape index (κ1) is 12.0. The van der Waals surface area contributed by atoms with Gasteiger partial charge in [0, 0.05) is 13.2 Å². The van der Waals surface area contributed by atoms with E-state index in [1.54, 1.807) is 0 Å². The average molecular weight is 194 g/mol. The zero-order valence-corrected chi connectivity index (χ0v) is 8.11. The van der Waals surface area contributed by atoms with E-state index in [1.165, 1.54) is 20.2 Å². The Balaban J connectivity index is 0.000000671. The minimum atomic E-state index is -4.33. The van der Waals surface area contributed by atoms with Crippen LogP contribution in [0.25, 0.3) is 0 Å². The van der Waals surface area contributed by atoms with Gasteiger partial charge >= 0.3 is 6.18 Å². The fourth-order valence-electron chi connectivity index (χ4n) is 0.887. The van der Waals surface area contributed by atoms with Crippen LogP contribution in [-0.2, 0) is 13.2 Å². The third kappa shape index (κ3) is 3.08. The smallest absolute Gasteiger partial charge is 0.275 e. The number of alkyl halides is 3. The molecule has 0 aliphatic carbocycles. The number of aromatic nitrogens is 2. The number of aryl methyl sites for hydroxylation is 2. The summed E-state index contributed by atoms with van der Waals surface area (Å²) in [4.78, 5) is 0. The molecule has 76 valence electrons. The summed E-state index contributed by atoms with van der Waals surface area (Å²) in [5.74, 6) is 0. The zero-order chi connectivity index (χ0) is 10.6. The van der Waals surface area contributed by atoms with Crippen molar-refractivity contribution >= 4 is 0 Å². The molecule has 0 spiro atoms. The van der Waals surface area contributed by atoms with E-state index in [2.05, 4.69) is 5.10 Å². The van der Waals surface area contributed by atoms with Crippen LogP contribution in [-0.4, -0.2) is 9.78 Å². The molecule has 1 rings (SSSR count). The Morgan fingerprint density at radius 1 is 1.31 bits per heavy atom. The number of hydrogen-bond donors (Lipinski definition) is 0. The summed E-state index contributed by atoms with van der Waals surface area (Å²) in [5, 5.41) is 3.27. The lowest BCUT2D eigenvalue weighted by Gasteiger charge is -2.01. The van der Waals surface area contributed by atoms with Crippen LogP contribution in [0.5, 0.6) is 0 Å². The minimum Gasteiger partial charge on any atom is -0.275 e. The lowest BCUT2D eigenvalue weighted by atomic mass is 10.3. The Hall–Kier alpha value is -1.00. The van der Waals surface area contributed by atoms with Crippen molar-refractivity contribution in [3.8, 4) is 0 Å². The Kier molecular flexibility index (Phi) is 3.97. The van der Waals surface area contributed by atoms with Gasteiger partial charge in [-0.05, 0) is 12.5 Å². The van der Waals surface area contributed by atoms with E-state index in [0.29, 0.717) is 0 Å². The second-order valence-electron chi connectivity index (χ2n) is 2.33. The molecule has 0 saturated heterocycles. The molecular formula is C8H13F3N2. The molecule has 0 fully saturated rings. The lowest BCUT2D eigenvalue weighted by molar-refractivity contribution is -0.141. The topological polar surface area (TPSA) is 17.8 Å². The van der Waals surface area contributed by atoms with Crippen molar-refractivity contribution in [1.29, 1.82) is 0 Å². The third-order valence-corrected chi connectivity index (χ3v) is 1.28. The molecule has 5 heteroatoms. The second-order valence-corrected chi connectivity index (χ2v) is 2.33. The second kappa shape index (κ2) is 4.30. The van der Waals surface area contributed by atoms with E-state index >= 15 is 0 Å². The first-order valence-corrected chi connectivity index (χ1v) is 3.98. The summed E-state index contributed by atoms with van der Waals surface area (Å²) in [6.07, 6.45) is -2.99. The van der Waals surface area contributed by atoms with Gasteiger partial charge in [-0.3, -0.25) is 4.68 Å². The van der Waals surface area contributed by atoms with E-state index in [-0.39, 0.29) is 5.56 Å². The van der Waals surface area contributed by atoms with Crippen LogP contribution < -0.4 is 0 Å². The molecule has 0 N–H and O–H groups in total. The molecule has 0 unspecified atom stereocenters. The molecule has 0 atom stereocenters. The summed E-state index contributed by atoms with van der Waals surface area (Å²) in [6, 6.07) is 0. The summed E-state index contributed by atoms with van der Waals surface area (Å²) in [6.45, 7) is 5.38. The number of nitrogens with zero attached hydrogens (tertiary/aromatic N) is 2. The molecule has 1 aromatic heterocycles.